The van der Waals surface area contributed by atoms with Crippen molar-refractivity contribution < 1.29 is 4.79 Å². The number of aryl methyl sites for hydroxylation is 1. The van der Waals surface area contributed by atoms with Gasteiger partial charge in [0.1, 0.15) is 0 Å². The summed E-state index contributed by atoms with van der Waals surface area (Å²) in [6.07, 6.45) is 3.18. The SMILES string of the molecule is Cc1ccc(-n2ccnc(SCC(=O)c3cccc(Cl)c3)c2=O)cc1. The monoisotopic (exact) mass is 370 g/mol. The van der Waals surface area contributed by atoms with Gasteiger partial charge in [-0.3, -0.25) is 14.2 Å². The summed E-state index contributed by atoms with van der Waals surface area (Å²) in [5.41, 5.74) is 2.17. The zero-order valence-corrected chi connectivity index (χ0v) is 15.1. The molecule has 0 aliphatic carbocycles. The maximum absolute atomic E-state index is 12.6. The highest BCUT2D eigenvalue weighted by molar-refractivity contribution is 7.99. The molecule has 0 saturated heterocycles. The van der Waals surface area contributed by atoms with Crippen molar-refractivity contribution in [1.82, 2.24) is 9.55 Å². The van der Waals surface area contributed by atoms with Crippen LogP contribution in [0.3, 0.4) is 0 Å². The van der Waals surface area contributed by atoms with Crippen molar-refractivity contribution in [2.24, 2.45) is 0 Å². The molecule has 0 unspecified atom stereocenters. The van der Waals surface area contributed by atoms with Crippen molar-refractivity contribution in [1.29, 1.82) is 0 Å². The first kappa shape index (κ1) is 17.5. The van der Waals surface area contributed by atoms with Crippen LogP contribution in [0.2, 0.25) is 5.02 Å². The van der Waals surface area contributed by atoms with E-state index in [0.29, 0.717) is 15.6 Å². The lowest BCUT2D eigenvalue weighted by Gasteiger charge is -2.07. The summed E-state index contributed by atoms with van der Waals surface area (Å²) in [7, 11) is 0. The van der Waals surface area contributed by atoms with Gasteiger partial charge in [0.25, 0.3) is 5.56 Å². The molecule has 0 atom stereocenters. The van der Waals surface area contributed by atoms with Gasteiger partial charge in [-0.1, -0.05) is 53.2 Å². The smallest absolute Gasteiger partial charge is 0.287 e. The zero-order chi connectivity index (χ0) is 17.8. The fraction of sp³-hybridized carbons (Fsp3) is 0.105. The molecule has 3 rings (SSSR count). The summed E-state index contributed by atoms with van der Waals surface area (Å²) < 4.78 is 1.53. The maximum Gasteiger partial charge on any atom is 0.287 e. The van der Waals surface area contributed by atoms with Crippen LogP contribution in [0.5, 0.6) is 0 Å². The average Bonchev–Trinajstić information content (AvgIpc) is 2.61. The van der Waals surface area contributed by atoms with Crippen LogP contribution in [0, 0.1) is 6.92 Å². The number of nitrogens with zero attached hydrogens (tertiary/aromatic N) is 2. The molecular formula is C19H15ClN2O2S. The molecule has 3 aromatic rings. The first-order valence-electron chi connectivity index (χ1n) is 7.61. The van der Waals surface area contributed by atoms with E-state index in [4.69, 9.17) is 11.6 Å². The third-order valence-electron chi connectivity index (χ3n) is 3.61. The van der Waals surface area contributed by atoms with Gasteiger partial charge in [-0.25, -0.2) is 4.98 Å². The molecule has 1 aromatic heterocycles. The predicted molar refractivity (Wildman–Crippen MR) is 101 cm³/mol. The standard InChI is InChI=1S/C19H15ClN2O2S/c1-13-5-7-16(8-6-13)22-10-9-21-18(19(22)24)25-12-17(23)14-3-2-4-15(20)11-14/h2-11H,12H2,1H3. The fourth-order valence-corrected chi connectivity index (χ4v) is 3.26. The number of hydrogen-bond donors (Lipinski definition) is 0. The molecule has 4 nitrogen and oxygen atoms in total. The van der Waals surface area contributed by atoms with Crippen LogP contribution in [0.25, 0.3) is 5.69 Å². The van der Waals surface area contributed by atoms with Crippen molar-refractivity contribution in [2.75, 3.05) is 5.75 Å². The summed E-state index contributed by atoms with van der Waals surface area (Å²) in [5, 5.41) is 0.800. The van der Waals surface area contributed by atoms with Crippen LogP contribution in [0.15, 0.2) is 70.7 Å². The van der Waals surface area contributed by atoms with E-state index in [1.807, 2.05) is 31.2 Å². The molecule has 25 heavy (non-hydrogen) atoms. The number of rotatable bonds is 5. The summed E-state index contributed by atoms with van der Waals surface area (Å²) in [5.74, 6) is 0.0277. The summed E-state index contributed by atoms with van der Waals surface area (Å²) >= 11 is 7.04. The zero-order valence-electron chi connectivity index (χ0n) is 13.5. The van der Waals surface area contributed by atoms with Gasteiger partial charge >= 0.3 is 0 Å². The van der Waals surface area contributed by atoms with Crippen LogP contribution in [-0.4, -0.2) is 21.1 Å². The number of benzene rings is 2. The van der Waals surface area contributed by atoms with Crippen molar-refractivity contribution in [3.63, 3.8) is 0 Å². The number of thioether (sulfide) groups is 1. The molecule has 2 aromatic carbocycles. The average molecular weight is 371 g/mol. The Hall–Kier alpha value is -2.37. The second-order valence-electron chi connectivity index (χ2n) is 5.47. The molecule has 126 valence electrons. The van der Waals surface area contributed by atoms with Crippen LogP contribution in [0.4, 0.5) is 0 Å². The fourth-order valence-electron chi connectivity index (χ4n) is 2.28. The number of aromatic nitrogens is 2. The lowest BCUT2D eigenvalue weighted by Crippen LogP contribution is -2.21. The third-order valence-corrected chi connectivity index (χ3v) is 4.80. The lowest BCUT2D eigenvalue weighted by atomic mass is 10.1. The van der Waals surface area contributed by atoms with Crippen LogP contribution < -0.4 is 5.56 Å². The molecule has 0 amide bonds. The van der Waals surface area contributed by atoms with Gasteiger partial charge < -0.3 is 0 Å². The Labute approximate surface area is 154 Å². The highest BCUT2D eigenvalue weighted by Crippen LogP contribution is 2.17. The summed E-state index contributed by atoms with van der Waals surface area (Å²) in [6.45, 7) is 1.99. The van der Waals surface area contributed by atoms with Gasteiger partial charge in [-0.15, -0.1) is 0 Å². The number of ketones is 1. The number of hydrogen-bond acceptors (Lipinski definition) is 4. The molecule has 0 bridgehead atoms. The number of halogens is 1. The van der Waals surface area contributed by atoms with Crippen LogP contribution >= 0.6 is 23.4 Å². The van der Waals surface area contributed by atoms with E-state index < -0.39 is 0 Å². The molecular weight excluding hydrogens is 356 g/mol. The second-order valence-corrected chi connectivity index (χ2v) is 6.87. The first-order valence-corrected chi connectivity index (χ1v) is 8.97. The normalized spacial score (nSPS) is 10.6. The molecule has 0 N–H and O–H groups in total. The van der Waals surface area contributed by atoms with Crippen molar-refractivity contribution >= 4 is 29.1 Å². The number of carbonyl (C=O) groups is 1. The molecule has 0 fully saturated rings. The topological polar surface area (TPSA) is 52.0 Å². The Morgan fingerprint density at radius 2 is 1.96 bits per heavy atom. The Kier molecular flexibility index (Phi) is 5.36. The minimum atomic E-state index is -0.241. The molecule has 0 spiro atoms. The van der Waals surface area contributed by atoms with Gasteiger partial charge in [-0.2, -0.15) is 0 Å². The Balaban J connectivity index is 1.79. The van der Waals surface area contributed by atoms with Gasteiger partial charge in [0.15, 0.2) is 10.8 Å². The van der Waals surface area contributed by atoms with Gasteiger partial charge in [-0.05, 0) is 31.2 Å². The van der Waals surface area contributed by atoms with Gasteiger partial charge in [0.05, 0.1) is 5.75 Å². The van der Waals surface area contributed by atoms with E-state index in [0.717, 1.165) is 23.0 Å². The van der Waals surface area contributed by atoms with E-state index in [9.17, 15) is 9.59 Å². The molecule has 0 aliphatic rings. The summed E-state index contributed by atoms with van der Waals surface area (Å²) in [6, 6.07) is 14.4. The van der Waals surface area contributed by atoms with Crippen LogP contribution in [-0.2, 0) is 0 Å². The van der Waals surface area contributed by atoms with Crippen molar-refractivity contribution in [3.05, 3.63) is 87.4 Å². The lowest BCUT2D eigenvalue weighted by molar-refractivity contribution is 0.102. The minimum absolute atomic E-state index is 0.0977. The molecule has 0 aliphatic heterocycles. The van der Waals surface area contributed by atoms with E-state index >= 15 is 0 Å². The maximum atomic E-state index is 12.6. The minimum Gasteiger partial charge on any atom is -0.293 e. The van der Waals surface area contributed by atoms with Gasteiger partial charge in [0.2, 0.25) is 0 Å². The van der Waals surface area contributed by atoms with E-state index in [2.05, 4.69) is 4.98 Å². The Morgan fingerprint density at radius 1 is 1.20 bits per heavy atom. The molecule has 0 radical (unpaired) electrons. The van der Waals surface area contributed by atoms with E-state index in [1.165, 1.54) is 4.57 Å². The highest BCUT2D eigenvalue weighted by atomic mass is 35.5. The number of carbonyl (C=O) groups excluding carboxylic acids is 1. The largest absolute Gasteiger partial charge is 0.293 e. The first-order chi connectivity index (χ1) is 12.0. The van der Waals surface area contributed by atoms with E-state index in [1.54, 1.807) is 36.7 Å². The van der Waals surface area contributed by atoms with E-state index in [-0.39, 0.29) is 17.1 Å². The predicted octanol–water partition coefficient (Wildman–Crippen LogP) is 4.17. The molecule has 1 heterocycles. The molecule has 6 heteroatoms. The molecule has 0 saturated carbocycles. The van der Waals surface area contributed by atoms with Crippen molar-refractivity contribution in [3.8, 4) is 5.69 Å². The third kappa shape index (κ3) is 4.18. The van der Waals surface area contributed by atoms with Crippen LogP contribution in [0.1, 0.15) is 15.9 Å². The number of Topliss-reactive ketones (excluding diaryl/α,β-unsaturated/α-hetero) is 1. The summed E-state index contributed by atoms with van der Waals surface area (Å²) in [4.78, 5) is 29.0. The Morgan fingerprint density at radius 3 is 2.68 bits per heavy atom. The Bertz CT molecular complexity index is 968. The quantitative estimate of drug-likeness (QED) is 0.499. The van der Waals surface area contributed by atoms with Gasteiger partial charge in [0, 0.05) is 28.7 Å². The van der Waals surface area contributed by atoms with Crippen molar-refractivity contribution in [2.45, 2.75) is 11.9 Å². The highest BCUT2D eigenvalue weighted by Gasteiger charge is 2.12. The second kappa shape index (κ2) is 7.68.